The van der Waals surface area contributed by atoms with Crippen molar-refractivity contribution in [3.63, 3.8) is 0 Å². The van der Waals surface area contributed by atoms with Gasteiger partial charge in [-0.1, -0.05) is 29.8 Å². The average molecular weight is 423 g/mol. The van der Waals surface area contributed by atoms with E-state index in [1.54, 1.807) is 60.7 Å². The number of aromatic nitrogens is 2. The van der Waals surface area contributed by atoms with E-state index in [9.17, 15) is 13.3 Å². The van der Waals surface area contributed by atoms with E-state index in [2.05, 4.69) is 15.3 Å². The summed E-state index contributed by atoms with van der Waals surface area (Å²) in [5, 5.41) is 4.43. The number of pyridine rings is 2. The maximum atomic E-state index is 13.4. The first kappa shape index (κ1) is 20.1. The van der Waals surface area contributed by atoms with Crippen molar-refractivity contribution in [3.05, 3.63) is 93.9 Å². The third kappa shape index (κ3) is 4.37. The number of sulfonamides is 1. The number of fused-ring (bicyclic) bond motifs is 4. The van der Waals surface area contributed by atoms with E-state index in [1.807, 2.05) is 6.92 Å². The Morgan fingerprint density at radius 1 is 0.767 bits per heavy atom. The zero-order valence-electron chi connectivity index (χ0n) is 16.5. The van der Waals surface area contributed by atoms with Crippen LogP contribution in [0.1, 0.15) is 28.3 Å². The van der Waals surface area contributed by atoms with E-state index >= 15 is 0 Å². The molecule has 0 radical (unpaired) electrons. The molecule has 8 nitrogen and oxygen atoms in total. The zero-order valence-corrected chi connectivity index (χ0v) is 17.3. The molecule has 3 heterocycles. The molecule has 0 saturated heterocycles. The van der Waals surface area contributed by atoms with E-state index in [-0.39, 0.29) is 31.1 Å². The smallest absolute Gasteiger partial charge is 0.243 e. The number of hydrogen-bond acceptors (Lipinski definition) is 6. The van der Waals surface area contributed by atoms with Gasteiger partial charge in [-0.15, -0.1) is 4.91 Å². The van der Waals surface area contributed by atoms with Crippen molar-refractivity contribution in [2.45, 2.75) is 38.0 Å². The number of benzene rings is 1. The Balaban J connectivity index is 1.78. The Morgan fingerprint density at radius 3 is 1.70 bits per heavy atom. The minimum absolute atomic E-state index is 0.0878. The third-order valence-electron chi connectivity index (χ3n) is 4.87. The van der Waals surface area contributed by atoms with Gasteiger partial charge in [0, 0.05) is 0 Å². The summed E-state index contributed by atoms with van der Waals surface area (Å²) in [6.45, 7) is 2.52. The molecule has 4 rings (SSSR count). The average Bonchev–Trinajstić information content (AvgIpc) is 2.73. The van der Waals surface area contributed by atoms with Crippen LogP contribution in [0.5, 0.6) is 0 Å². The monoisotopic (exact) mass is 423 g/mol. The standard InChI is InChI=1S/C21H21N5O3S/c1-16-8-10-21(11-9-16)30(28,29)26-14-19-6-2-4-17(22-19)12-25(24-27)13-18-5-3-7-20(15-26)23-18/h2-11H,12-15H2,1H3. The van der Waals surface area contributed by atoms with Gasteiger partial charge < -0.3 is 0 Å². The maximum Gasteiger partial charge on any atom is 0.243 e. The lowest BCUT2D eigenvalue weighted by Gasteiger charge is -2.23. The molecule has 0 amide bonds. The summed E-state index contributed by atoms with van der Waals surface area (Å²) in [6.07, 6.45) is 0. The number of nitrogens with zero attached hydrogens (tertiary/aromatic N) is 5. The second-order valence-corrected chi connectivity index (χ2v) is 9.17. The van der Waals surface area contributed by atoms with E-state index in [1.165, 1.54) is 9.31 Å². The highest BCUT2D eigenvalue weighted by Gasteiger charge is 2.26. The van der Waals surface area contributed by atoms with Crippen molar-refractivity contribution in [2.24, 2.45) is 5.29 Å². The van der Waals surface area contributed by atoms with Gasteiger partial charge >= 0.3 is 0 Å². The van der Waals surface area contributed by atoms with Crippen LogP contribution < -0.4 is 0 Å². The maximum absolute atomic E-state index is 13.4. The summed E-state index contributed by atoms with van der Waals surface area (Å²) in [5.74, 6) is 0. The van der Waals surface area contributed by atoms with Crippen LogP contribution in [-0.4, -0.2) is 27.7 Å². The first-order valence-electron chi connectivity index (χ1n) is 9.49. The van der Waals surface area contributed by atoms with Crippen LogP contribution in [0.25, 0.3) is 0 Å². The quantitative estimate of drug-likeness (QED) is 0.601. The van der Waals surface area contributed by atoms with E-state index in [0.717, 1.165) is 5.56 Å². The van der Waals surface area contributed by atoms with Crippen LogP contribution in [0.3, 0.4) is 0 Å². The predicted octanol–water partition coefficient (Wildman–Crippen LogP) is 3.17. The van der Waals surface area contributed by atoms with E-state index in [4.69, 9.17) is 0 Å². The molecule has 2 aromatic heterocycles. The van der Waals surface area contributed by atoms with Gasteiger partial charge in [0.15, 0.2) is 0 Å². The second kappa shape index (κ2) is 8.29. The largest absolute Gasteiger partial charge is 0.255 e. The minimum atomic E-state index is -3.77. The van der Waals surface area contributed by atoms with Crippen molar-refractivity contribution >= 4 is 10.0 Å². The molecule has 9 heteroatoms. The van der Waals surface area contributed by atoms with Crippen molar-refractivity contribution < 1.29 is 8.42 Å². The van der Waals surface area contributed by atoms with Crippen LogP contribution in [-0.2, 0) is 36.2 Å². The Bertz CT molecular complexity index is 1110. The minimum Gasteiger partial charge on any atom is -0.255 e. The molecule has 30 heavy (non-hydrogen) atoms. The molecule has 0 unspecified atom stereocenters. The fourth-order valence-electron chi connectivity index (χ4n) is 3.34. The molecule has 0 fully saturated rings. The molecule has 0 saturated carbocycles. The fraction of sp³-hybridized carbons (Fsp3) is 0.238. The molecule has 0 atom stereocenters. The molecular formula is C21H21N5O3S. The second-order valence-electron chi connectivity index (χ2n) is 7.23. The first-order valence-corrected chi connectivity index (χ1v) is 10.9. The summed E-state index contributed by atoms with van der Waals surface area (Å²) in [6, 6.07) is 17.5. The summed E-state index contributed by atoms with van der Waals surface area (Å²) < 4.78 is 28.2. The lowest BCUT2D eigenvalue weighted by Crippen LogP contribution is -2.31. The van der Waals surface area contributed by atoms with Gasteiger partial charge in [0.05, 0.1) is 59.1 Å². The summed E-state index contributed by atoms with van der Waals surface area (Å²) in [5.41, 5.74) is 3.43. The van der Waals surface area contributed by atoms with Crippen molar-refractivity contribution in [3.8, 4) is 0 Å². The van der Waals surface area contributed by atoms with Crippen LogP contribution >= 0.6 is 0 Å². The van der Waals surface area contributed by atoms with Crippen molar-refractivity contribution in [1.29, 1.82) is 0 Å². The van der Waals surface area contributed by atoms with Gasteiger partial charge in [-0.25, -0.2) is 13.4 Å². The summed E-state index contributed by atoms with van der Waals surface area (Å²) in [7, 11) is -3.77. The third-order valence-corrected chi connectivity index (χ3v) is 6.67. The number of rotatable bonds is 3. The van der Waals surface area contributed by atoms with Gasteiger partial charge in [0.1, 0.15) is 0 Å². The lowest BCUT2D eigenvalue weighted by atomic mass is 10.2. The van der Waals surface area contributed by atoms with Gasteiger partial charge in [-0.2, -0.15) is 4.31 Å². The van der Waals surface area contributed by atoms with Gasteiger partial charge in [0.25, 0.3) is 0 Å². The molecule has 154 valence electrons. The van der Waals surface area contributed by atoms with E-state index < -0.39 is 10.0 Å². The van der Waals surface area contributed by atoms with Gasteiger partial charge in [-0.3, -0.25) is 9.97 Å². The van der Waals surface area contributed by atoms with Crippen LogP contribution in [0.4, 0.5) is 0 Å². The number of nitroso groups, excluding NO2 is 1. The Kier molecular flexibility index (Phi) is 5.56. The normalized spacial score (nSPS) is 15.2. The molecule has 4 bridgehead atoms. The molecule has 1 aliphatic rings. The van der Waals surface area contributed by atoms with Gasteiger partial charge in [-0.05, 0) is 43.3 Å². The Labute approximate surface area is 175 Å². The number of hydrogen-bond donors (Lipinski definition) is 0. The fourth-order valence-corrected chi connectivity index (χ4v) is 4.73. The SMILES string of the molecule is Cc1ccc(S(=O)(=O)N2Cc3cccc(n3)CN(N=O)Cc3cccc(n3)C2)cc1. The molecule has 3 aromatic rings. The molecule has 1 aromatic carbocycles. The highest BCUT2D eigenvalue weighted by molar-refractivity contribution is 7.89. The molecular weight excluding hydrogens is 402 g/mol. The van der Waals surface area contributed by atoms with E-state index in [0.29, 0.717) is 22.8 Å². The van der Waals surface area contributed by atoms with Crippen molar-refractivity contribution in [2.75, 3.05) is 0 Å². The molecule has 0 N–H and O–H groups in total. The highest BCUT2D eigenvalue weighted by atomic mass is 32.2. The molecule has 1 aliphatic heterocycles. The first-order chi connectivity index (χ1) is 14.4. The van der Waals surface area contributed by atoms with Gasteiger partial charge in [0.2, 0.25) is 10.0 Å². The lowest BCUT2D eigenvalue weighted by molar-refractivity contribution is 0.258. The van der Waals surface area contributed by atoms with Crippen molar-refractivity contribution in [1.82, 2.24) is 19.3 Å². The molecule has 0 spiro atoms. The Morgan fingerprint density at radius 2 is 1.23 bits per heavy atom. The topological polar surface area (TPSA) is 95.8 Å². The predicted molar refractivity (Wildman–Crippen MR) is 111 cm³/mol. The Hall–Kier alpha value is -3.17. The zero-order chi connectivity index (χ0) is 21.1. The number of aryl methyl sites for hydroxylation is 1. The summed E-state index contributed by atoms with van der Waals surface area (Å²) in [4.78, 5) is 20.6. The van der Waals surface area contributed by atoms with Crippen LogP contribution in [0, 0.1) is 11.8 Å². The highest BCUT2D eigenvalue weighted by Crippen LogP contribution is 2.22. The summed E-state index contributed by atoms with van der Waals surface area (Å²) >= 11 is 0. The molecule has 0 aliphatic carbocycles. The van der Waals surface area contributed by atoms with Crippen LogP contribution in [0.2, 0.25) is 0 Å². The van der Waals surface area contributed by atoms with Crippen LogP contribution in [0.15, 0.2) is 70.8 Å².